The molecule has 0 heterocycles. The standard InChI is InChI=1S/C23H16BrClN2O2/c24-19-7-11-21(12-8-19)27-23(28)18(14-26)13-17-3-1-2-4-22(17)29-15-16-5-9-20(25)10-6-16/h1-13H,15H2,(H,27,28)/b18-13+. The van der Waals surface area contributed by atoms with E-state index in [0.29, 0.717) is 28.6 Å². The molecule has 3 aromatic carbocycles. The molecule has 0 radical (unpaired) electrons. The zero-order chi connectivity index (χ0) is 20.6. The van der Waals surface area contributed by atoms with Crippen LogP contribution in [0.1, 0.15) is 11.1 Å². The smallest absolute Gasteiger partial charge is 0.266 e. The lowest BCUT2D eigenvalue weighted by molar-refractivity contribution is -0.112. The molecule has 144 valence electrons. The van der Waals surface area contributed by atoms with E-state index in [4.69, 9.17) is 16.3 Å². The zero-order valence-corrected chi connectivity index (χ0v) is 17.6. The maximum absolute atomic E-state index is 12.5. The number of nitriles is 1. The summed E-state index contributed by atoms with van der Waals surface area (Å²) in [5.74, 6) is 0.0916. The van der Waals surface area contributed by atoms with Gasteiger partial charge in [0.05, 0.1) is 0 Å². The Kier molecular flexibility index (Phi) is 7.07. The number of anilines is 1. The largest absolute Gasteiger partial charge is 0.488 e. The molecule has 0 fully saturated rings. The van der Waals surface area contributed by atoms with E-state index in [2.05, 4.69) is 21.2 Å². The number of carbonyl (C=O) groups is 1. The SMILES string of the molecule is N#C/C(=C\c1ccccc1OCc1ccc(Cl)cc1)C(=O)Nc1ccc(Br)cc1. The Morgan fingerprint density at radius 3 is 2.45 bits per heavy atom. The van der Waals surface area contributed by atoms with Crippen molar-refractivity contribution in [3.63, 3.8) is 0 Å². The summed E-state index contributed by atoms with van der Waals surface area (Å²) in [5, 5.41) is 12.8. The molecule has 0 aromatic heterocycles. The fourth-order valence-corrected chi connectivity index (χ4v) is 2.90. The van der Waals surface area contributed by atoms with Crippen LogP contribution < -0.4 is 10.1 Å². The second-order valence-electron chi connectivity index (χ2n) is 6.08. The highest BCUT2D eigenvalue weighted by Gasteiger charge is 2.11. The Hall–Kier alpha value is -3.07. The van der Waals surface area contributed by atoms with Crippen molar-refractivity contribution >= 4 is 45.2 Å². The van der Waals surface area contributed by atoms with Gasteiger partial charge in [-0.2, -0.15) is 5.26 Å². The average molecular weight is 468 g/mol. The van der Waals surface area contributed by atoms with E-state index in [9.17, 15) is 10.1 Å². The molecular formula is C23H16BrClN2O2. The average Bonchev–Trinajstić information content (AvgIpc) is 2.74. The lowest BCUT2D eigenvalue weighted by Gasteiger charge is -2.10. The minimum absolute atomic E-state index is 0.0181. The summed E-state index contributed by atoms with van der Waals surface area (Å²) in [5.41, 5.74) is 2.19. The van der Waals surface area contributed by atoms with E-state index in [1.54, 1.807) is 36.4 Å². The van der Waals surface area contributed by atoms with Crippen molar-refractivity contribution in [2.24, 2.45) is 0 Å². The number of amides is 1. The number of halogens is 2. The van der Waals surface area contributed by atoms with E-state index in [-0.39, 0.29) is 5.57 Å². The third-order valence-corrected chi connectivity index (χ3v) is 4.77. The summed E-state index contributed by atoms with van der Waals surface area (Å²) in [7, 11) is 0. The number of carbonyl (C=O) groups excluding carboxylic acids is 1. The second-order valence-corrected chi connectivity index (χ2v) is 7.44. The number of para-hydroxylation sites is 1. The van der Waals surface area contributed by atoms with Crippen LogP contribution in [0.2, 0.25) is 5.02 Å². The normalized spacial score (nSPS) is 10.9. The van der Waals surface area contributed by atoms with Gasteiger partial charge >= 0.3 is 0 Å². The van der Waals surface area contributed by atoms with Crippen LogP contribution in [0.15, 0.2) is 82.8 Å². The van der Waals surface area contributed by atoms with Crippen LogP contribution >= 0.6 is 27.5 Å². The topological polar surface area (TPSA) is 62.1 Å². The minimum atomic E-state index is -0.484. The lowest BCUT2D eigenvalue weighted by Crippen LogP contribution is -2.13. The molecule has 6 heteroatoms. The molecule has 3 aromatic rings. The highest BCUT2D eigenvalue weighted by atomic mass is 79.9. The van der Waals surface area contributed by atoms with Crippen molar-refractivity contribution in [2.45, 2.75) is 6.61 Å². The van der Waals surface area contributed by atoms with Gasteiger partial charge in [0.25, 0.3) is 5.91 Å². The number of benzene rings is 3. The zero-order valence-electron chi connectivity index (χ0n) is 15.2. The fourth-order valence-electron chi connectivity index (χ4n) is 2.51. The van der Waals surface area contributed by atoms with Crippen LogP contribution in [-0.4, -0.2) is 5.91 Å². The van der Waals surface area contributed by atoms with E-state index in [1.165, 1.54) is 6.08 Å². The first-order valence-corrected chi connectivity index (χ1v) is 9.87. The molecule has 0 unspecified atom stereocenters. The number of hydrogen-bond donors (Lipinski definition) is 1. The van der Waals surface area contributed by atoms with Crippen molar-refractivity contribution in [3.05, 3.63) is 99.0 Å². The monoisotopic (exact) mass is 466 g/mol. The molecule has 4 nitrogen and oxygen atoms in total. The molecule has 0 saturated heterocycles. The maximum Gasteiger partial charge on any atom is 0.266 e. The van der Waals surface area contributed by atoms with E-state index in [0.717, 1.165) is 10.0 Å². The number of nitrogens with one attached hydrogen (secondary N) is 1. The first kappa shape index (κ1) is 20.7. The fraction of sp³-hybridized carbons (Fsp3) is 0.0435. The molecule has 0 aliphatic heterocycles. The maximum atomic E-state index is 12.5. The summed E-state index contributed by atoms with van der Waals surface area (Å²) in [6.45, 7) is 0.342. The predicted octanol–water partition coefficient (Wildman–Crippen LogP) is 6.23. The van der Waals surface area contributed by atoms with Crippen LogP contribution in [0.3, 0.4) is 0 Å². The van der Waals surface area contributed by atoms with Crippen LogP contribution in [0.5, 0.6) is 5.75 Å². The quantitative estimate of drug-likeness (QED) is 0.345. The van der Waals surface area contributed by atoms with Gasteiger partial charge < -0.3 is 10.1 Å². The first-order valence-electron chi connectivity index (χ1n) is 8.70. The summed E-state index contributed by atoms with van der Waals surface area (Å²) in [6.07, 6.45) is 1.52. The lowest BCUT2D eigenvalue weighted by atomic mass is 10.1. The molecule has 0 aliphatic carbocycles. The molecule has 0 saturated carbocycles. The third-order valence-electron chi connectivity index (χ3n) is 3.99. The van der Waals surface area contributed by atoms with Gasteiger partial charge in [-0.25, -0.2) is 0 Å². The summed E-state index contributed by atoms with van der Waals surface area (Å²) >= 11 is 9.25. The Morgan fingerprint density at radius 2 is 1.76 bits per heavy atom. The van der Waals surface area contributed by atoms with Gasteiger partial charge in [-0.15, -0.1) is 0 Å². The van der Waals surface area contributed by atoms with Crippen LogP contribution in [0.4, 0.5) is 5.69 Å². The van der Waals surface area contributed by atoms with Gasteiger partial charge in [0.2, 0.25) is 0 Å². The van der Waals surface area contributed by atoms with Gasteiger partial charge in [0.15, 0.2) is 0 Å². The van der Waals surface area contributed by atoms with Crippen molar-refractivity contribution in [3.8, 4) is 11.8 Å². The van der Waals surface area contributed by atoms with Gasteiger partial charge in [-0.1, -0.05) is 57.9 Å². The number of rotatable bonds is 6. The van der Waals surface area contributed by atoms with Gasteiger partial charge in [-0.3, -0.25) is 4.79 Å². The number of hydrogen-bond acceptors (Lipinski definition) is 3. The van der Waals surface area contributed by atoms with Crippen LogP contribution in [-0.2, 0) is 11.4 Å². The molecule has 0 bridgehead atoms. The highest BCUT2D eigenvalue weighted by molar-refractivity contribution is 9.10. The Balaban J connectivity index is 1.76. The number of nitrogens with zero attached hydrogens (tertiary/aromatic N) is 1. The molecule has 0 spiro atoms. The molecule has 3 rings (SSSR count). The minimum Gasteiger partial charge on any atom is -0.488 e. The predicted molar refractivity (Wildman–Crippen MR) is 119 cm³/mol. The van der Waals surface area contributed by atoms with Crippen molar-refractivity contribution in [2.75, 3.05) is 5.32 Å². The Bertz CT molecular complexity index is 1070. The van der Waals surface area contributed by atoms with E-state index >= 15 is 0 Å². The first-order chi connectivity index (χ1) is 14.0. The molecule has 0 atom stereocenters. The Labute approximate surface area is 182 Å². The Morgan fingerprint density at radius 1 is 1.07 bits per heavy atom. The molecule has 1 amide bonds. The van der Waals surface area contributed by atoms with Crippen molar-refractivity contribution < 1.29 is 9.53 Å². The van der Waals surface area contributed by atoms with Crippen LogP contribution in [0, 0.1) is 11.3 Å². The summed E-state index contributed by atoms with van der Waals surface area (Å²) in [6, 6.07) is 23.7. The summed E-state index contributed by atoms with van der Waals surface area (Å²) < 4.78 is 6.79. The van der Waals surface area contributed by atoms with Gasteiger partial charge in [0, 0.05) is 20.7 Å². The molecular weight excluding hydrogens is 452 g/mol. The van der Waals surface area contributed by atoms with Crippen molar-refractivity contribution in [1.29, 1.82) is 5.26 Å². The van der Waals surface area contributed by atoms with E-state index < -0.39 is 5.91 Å². The van der Waals surface area contributed by atoms with Crippen LogP contribution in [0.25, 0.3) is 6.08 Å². The molecule has 29 heavy (non-hydrogen) atoms. The highest BCUT2D eigenvalue weighted by Crippen LogP contribution is 2.23. The van der Waals surface area contributed by atoms with E-state index in [1.807, 2.05) is 42.5 Å². The second kappa shape index (κ2) is 9.92. The van der Waals surface area contributed by atoms with Crippen molar-refractivity contribution in [1.82, 2.24) is 0 Å². The van der Waals surface area contributed by atoms with Gasteiger partial charge in [-0.05, 0) is 54.1 Å². The molecule has 0 aliphatic rings. The van der Waals surface area contributed by atoms with Gasteiger partial charge in [0.1, 0.15) is 24.0 Å². The number of ether oxygens (including phenoxy) is 1. The summed E-state index contributed by atoms with van der Waals surface area (Å²) in [4.78, 5) is 12.5. The molecule has 1 N–H and O–H groups in total. The third kappa shape index (κ3) is 5.95.